The molecule has 1 heterocycles. The quantitative estimate of drug-likeness (QED) is 0.788. The largest absolute Gasteiger partial charge is 0.382 e. The monoisotopic (exact) mass is 264 g/mol. The Hall–Kier alpha value is -2.39. The van der Waals surface area contributed by atoms with Gasteiger partial charge >= 0.3 is 0 Å². The van der Waals surface area contributed by atoms with Gasteiger partial charge in [-0.2, -0.15) is 5.10 Å². The molecule has 0 amide bonds. The van der Waals surface area contributed by atoms with Crippen LogP contribution < -0.4 is 0 Å². The van der Waals surface area contributed by atoms with Gasteiger partial charge in [-0.1, -0.05) is 42.5 Å². The third-order valence-corrected chi connectivity index (χ3v) is 3.44. The van der Waals surface area contributed by atoms with Crippen molar-refractivity contribution < 1.29 is 5.11 Å². The van der Waals surface area contributed by atoms with E-state index in [-0.39, 0.29) is 0 Å². The average Bonchev–Trinajstić information content (AvgIpc) is 2.97. The summed E-state index contributed by atoms with van der Waals surface area (Å²) in [5.41, 5.74) is 3.69. The molecule has 3 nitrogen and oxygen atoms in total. The highest BCUT2D eigenvalue weighted by atomic mass is 16.3. The van der Waals surface area contributed by atoms with Crippen molar-refractivity contribution in [2.75, 3.05) is 0 Å². The fourth-order valence-corrected chi connectivity index (χ4v) is 2.36. The topological polar surface area (TPSA) is 38.1 Å². The molecule has 3 aromatic rings. The molecule has 0 saturated heterocycles. The predicted octanol–water partition coefficient (Wildman–Crippen LogP) is 3.26. The Balaban J connectivity index is 2.04. The molecule has 1 atom stereocenters. The Kier molecular flexibility index (Phi) is 3.35. The molecular formula is C17H16N2O. The van der Waals surface area contributed by atoms with E-state index in [4.69, 9.17) is 0 Å². The van der Waals surface area contributed by atoms with Gasteiger partial charge in [-0.15, -0.1) is 0 Å². The third kappa shape index (κ3) is 2.24. The van der Waals surface area contributed by atoms with Gasteiger partial charge in [-0.25, -0.2) is 4.68 Å². The molecule has 0 aliphatic rings. The van der Waals surface area contributed by atoms with Crippen molar-refractivity contribution in [3.05, 3.63) is 83.7 Å². The fourth-order valence-electron chi connectivity index (χ4n) is 2.36. The second-order valence-electron chi connectivity index (χ2n) is 4.76. The zero-order valence-corrected chi connectivity index (χ0v) is 11.3. The van der Waals surface area contributed by atoms with E-state index in [1.165, 1.54) is 0 Å². The van der Waals surface area contributed by atoms with Crippen molar-refractivity contribution >= 4 is 0 Å². The zero-order chi connectivity index (χ0) is 13.9. The zero-order valence-electron chi connectivity index (χ0n) is 11.3. The summed E-state index contributed by atoms with van der Waals surface area (Å²) in [5, 5.41) is 15.0. The molecule has 0 spiro atoms. The first-order chi connectivity index (χ1) is 9.77. The number of aliphatic hydroxyl groups is 1. The van der Waals surface area contributed by atoms with Crippen LogP contribution in [0.4, 0.5) is 0 Å². The van der Waals surface area contributed by atoms with Crippen LogP contribution in [-0.4, -0.2) is 14.9 Å². The number of aryl methyl sites for hydroxylation is 1. The number of nitrogens with zero attached hydrogens (tertiary/aromatic N) is 2. The van der Waals surface area contributed by atoms with Crippen LogP contribution in [0, 0.1) is 6.92 Å². The summed E-state index contributed by atoms with van der Waals surface area (Å²) in [6, 6.07) is 19.5. The second kappa shape index (κ2) is 5.31. The van der Waals surface area contributed by atoms with Crippen LogP contribution in [0.15, 0.2) is 66.9 Å². The van der Waals surface area contributed by atoms with Crippen LogP contribution in [0.25, 0.3) is 5.69 Å². The lowest BCUT2D eigenvalue weighted by atomic mass is 10.0. The highest BCUT2D eigenvalue weighted by molar-refractivity contribution is 5.37. The van der Waals surface area contributed by atoms with Crippen LogP contribution in [0.3, 0.4) is 0 Å². The molecule has 1 unspecified atom stereocenters. The lowest BCUT2D eigenvalue weighted by Crippen LogP contribution is -2.09. The first-order valence-corrected chi connectivity index (χ1v) is 6.60. The van der Waals surface area contributed by atoms with Gasteiger partial charge in [0.15, 0.2) is 0 Å². The molecule has 100 valence electrons. The van der Waals surface area contributed by atoms with Gasteiger partial charge in [-0.3, -0.25) is 0 Å². The third-order valence-electron chi connectivity index (χ3n) is 3.44. The molecule has 2 aromatic carbocycles. The van der Waals surface area contributed by atoms with Crippen molar-refractivity contribution in [1.82, 2.24) is 9.78 Å². The molecule has 0 saturated carbocycles. The summed E-state index contributed by atoms with van der Waals surface area (Å²) in [6.45, 7) is 2.00. The summed E-state index contributed by atoms with van der Waals surface area (Å²) in [7, 11) is 0. The molecule has 0 fully saturated rings. The van der Waals surface area contributed by atoms with Crippen molar-refractivity contribution in [1.29, 1.82) is 0 Å². The Morgan fingerprint density at radius 1 is 0.950 bits per heavy atom. The van der Waals surface area contributed by atoms with Gasteiger partial charge in [0, 0.05) is 6.20 Å². The first-order valence-electron chi connectivity index (χ1n) is 6.60. The Morgan fingerprint density at radius 3 is 2.40 bits per heavy atom. The molecule has 0 aliphatic carbocycles. The van der Waals surface area contributed by atoms with Crippen LogP contribution >= 0.6 is 0 Å². The number of hydrogen-bond acceptors (Lipinski definition) is 2. The molecule has 1 N–H and O–H groups in total. The van der Waals surface area contributed by atoms with Crippen molar-refractivity contribution in [2.24, 2.45) is 0 Å². The highest BCUT2D eigenvalue weighted by Crippen LogP contribution is 2.26. The van der Waals surface area contributed by atoms with Gasteiger partial charge < -0.3 is 5.11 Å². The van der Waals surface area contributed by atoms with E-state index in [1.54, 1.807) is 10.9 Å². The molecular weight excluding hydrogens is 248 g/mol. The minimum atomic E-state index is -0.682. The molecule has 0 radical (unpaired) electrons. The average molecular weight is 264 g/mol. The van der Waals surface area contributed by atoms with Gasteiger partial charge in [0.25, 0.3) is 0 Å². The smallest absolute Gasteiger partial charge is 0.121 e. The Bertz CT molecular complexity index is 704. The number of benzene rings is 2. The number of aliphatic hydroxyl groups excluding tert-OH is 1. The second-order valence-corrected chi connectivity index (χ2v) is 4.76. The maximum absolute atomic E-state index is 10.6. The lowest BCUT2D eigenvalue weighted by molar-refractivity contribution is 0.211. The van der Waals surface area contributed by atoms with Gasteiger partial charge in [-0.05, 0) is 36.2 Å². The number of rotatable bonds is 3. The number of aromatic nitrogens is 2. The fraction of sp³-hybridized carbons (Fsp3) is 0.118. The highest BCUT2D eigenvalue weighted by Gasteiger charge is 2.17. The SMILES string of the molecule is Cc1ccccc1C(O)c1ccnn1-c1ccccc1. The van der Waals surface area contributed by atoms with Crippen LogP contribution in [0.2, 0.25) is 0 Å². The van der Waals surface area contributed by atoms with Crippen LogP contribution in [-0.2, 0) is 0 Å². The normalized spacial score (nSPS) is 12.3. The molecule has 1 aromatic heterocycles. The van der Waals surface area contributed by atoms with Gasteiger partial charge in [0.2, 0.25) is 0 Å². The molecule has 20 heavy (non-hydrogen) atoms. The van der Waals surface area contributed by atoms with E-state index in [0.29, 0.717) is 0 Å². The summed E-state index contributed by atoms with van der Waals surface area (Å²) in [4.78, 5) is 0. The molecule has 0 bridgehead atoms. The van der Waals surface area contributed by atoms with E-state index in [2.05, 4.69) is 5.10 Å². The van der Waals surface area contributed by atoms with E-state index in [0.717, 1.165) is 22.5 Å². The van der Waals surface area contributed by atoms with Crippen molar-refractivity contribution in [3.63, 3.8) is 0 Å². The summed E-state index contributed by atoms with van der Waals surface area (Å²) in [5.74, 6) is 0. The molecule has 3 heteroatoms. The first kappa shape index (κ1) is 12.6. The summed E-state index contributed by atoms with van der Waals surface area (Å²) in [6.07, 6.45) is 1.03. The van der Waals surface area contributed by atoms with E-state index in [9.17, 15) is 5.11 Å². The van der Waals surface area contributed by atoms with Crippen LogP contribution in [0.1, 0.15) is 22.9 Å². The van der Waals surface area contributed by atoms with Gasteiger partial charge in [0.05, 0.1) is 11.4 Å². The summed E-state index contributed by atoms with van der Waals surface area (Å²) >= 11 is 0. The maximum atomic E-state index is 10.6. The summed E-state index contributed by atoms with van der Waals surface area (Å²) < 4.78 is 1.77. The minimum Gasteiger partial charge on any atom is -0.382 e. The van der Waals surface area contributed by atoms with Crippen molar-refractivity contribution in [2.45, 2.75) is 13.0 Å². The molecule has 0 aliphatic heterocycles. The van der Waals surface area contributed by atoms with E-state index < -0.39 is 6.10 Å². The predicted molar refractivity (Wildman–Crippen MR) is 78.8 cm³/mol. The van der Waals surface area contributed by atoms with Crippen LogP contribution in [0.5, 0.6) is 0 Å². The van der Waals surface area contributed by atoms with E-state index >= 15 is 0 Å². The number of para-hydroxylation sites is 1. The van der Waals surface area contributed by atoms with E-state index in [1.807, 2.05) is 67.6 Å². The minimum absolute atomic E-state index is 0.682. The molecule has 3 rings (SSSR count). The number of hydrogen-bond donors (Lipinski definition) is 1. The maximum Gasteiger partial charge on any atom is 0.121 e. The lowest BCUT2D eigenvalue weighted by Gasteiger charge is -2.15. The Morgan fingerprint density at radius 2 is 1.65 bits per heavy atom. The standard InChI is InChI=1S/C17H16N2O/c1-13-7-5-6-10-15(13)17(20)16-11-12-18-19(16)14-8-3-2-4-9-14/h2-12,17,20H,1H3. The van der Waals surface area contributed by atoms with Crippen molar-refractivity contribution in [3.8, 4) is 5.69 Å². The Labute approximate surface area is 118 Å². The van der Waals surface area contributed by atoms with Gasteiger partial charge in [0.1, 0.15) is 6.10 Å².